The number of hydrogen-bond donors (Lipinski definition) is 1. The lowest BCUT2D eigenvalue weighted by atomic mass is 10.0. The van der Waals surface area contributed by atoms with Crippen LogP contribution in [-0.4, -0.2) is 43.4 Å². The highest BCUT2D eigenvalue weighted by Crippen LogP contribution is 2.41. The fourth-order valence-electron chi connectivity index (χ4n) is 2.64. The average molecular weight is 293 g/mol. The minimum absolute atomic E-state index is 0.101. The van der Waals surface area contributed by atoms with Crippen molar-refractivity contribution in [1.29, 1.82) is 0 Å². The number of rotatable bonds is 2. The van der Waals surface area contributed by atoms with E-state index in [1.807, 2.05) is 18.7 Å². The molecule has 0 spiro atoms. The van der Waals surface area contributed by atoms with E-state index in [0.29, 0.717) is 50.0 Å². The maximum absolute atomic E-state index is 11.4. The topological polar surface area (TPSA) is 76.9 Å². The van der Waals surface area contributed by atoms with E-state index < -0.39 is 0 Å². The molecule has 0 atom stereocenters. The molecule has 1 fully saturated rings. The van der Waals surface area contributed by atoms with Crippen LogP contribution in [0.15, 0.2) is 12.1 Å². The number of nitrogens with one attached hydrogen (secondary N) is 1. The normalized spacial score (nSPS) is 20.2. The fourth-order valence-corrected chi connectivity index (χ4v) is 2.64. The van der Waals surface area contributed by atoms with E-state index in [1.165, 1.54) is 0 Å². The predicted octanol–water partition coefficient (Wildman–Crippen LogP) is 2.01. The Morgan fingerprint density at radius 2 is 2.05 bits per heavy atom. The molecule has 0 amide bonds. The van der Waals surface area contributed by atoms with E-state index in [0.717, 1.165) is 0 Å². The summed E-state index contributed by atoms with van der Waals surface area (Å²) in [7, 11) is 0. The highest BCUT2D eigenvalue weighted by Gasteiger charge is 2.30. The van der Waals surface area contributed by atoms with Crippen LogP contribution in [-0.2, 0) is 4.74 Å². The van der Waals surface area contributed by atoms with Gasteiger partial charge in [-0.25, -0.2) is 0 Å². The third kappa shape index (κ3) is 2.73. The summed E-state index contributed by atoms with van der Waals surface area (Å²) in [6.07, 6.45) is 0. The first-order valence-electron chi connectivity index (χ1n) is 7.02. The second kappa shape index (κ2) is 5.07. The molecule has 0 bridgehead atoms. The lowest BCUT2D eigenvalue weighted by molar-refractivity contribution is -0.384. The van der Waals surface area contributed by atoms with Gasteiger partial charge in [-0.05, 0) is 13.8 Å². The number of fused-ring (bicyclic) bond motifs is 1. The van der Waals surface area contributed by atoms with Crippen molar-refractivity contribution in [3.05, 3.63) is 22.2 Å². The zero-order valence-corrected chi connectivity index (χ0v) is 12.2. The third-order valence-electron chi connectivity index (χ3n) is 3.69. The first kappa shape index (κ1) is 13.9. The number of ether oxygens (including phenoxy) is 2. The maximum atomic E-state index is 11.4. The molecule has 0 unspecified atom stereocenters. The first-order chi connectivity index (χ1) is 9.96. The van der Waals surface area contributed by atoms with Crippen LogP contribution in [0.2, 0.25) is 0 Å². The first-order valence-corrected chi connectivity index (χ1v) is 7.02. The Morgan fingerprint density at radius 3 is 2.71 bits per heavy atom. The zero-order valence-electron chi connectivity index (χ0n) is 12.2. The fraction of sp³-hybridized carbons (Fsp3) is 0.571. The van der Waals surface area contributed by atoms with Crippen LogP contribution < -0.4 is 15.0 Å². The van der Waals surface area contributed by atoms with Crippen LogP contribution in [0, 0.1) is 10.1 Å². The largest absolute Gasteiger partial charge is 0.489 e. The monoisotopic (exact) mass is 293 g/mol. The predicted molar refractivity (Wildman–Crippen MR) is 79.3 cm³/mol. The van der Waals surface area contributed by atoms with E-state index in [2.05, 4.69) is 5.32 Å². The molecule has 0 radical (unpaired) electrons. The Morgan fingerprint density at radius 1 is 1.33 bits per heavy atom. The van der Waals surface area contributed by atoms with E-state index in [-0.39, 0.29) is 16.1 Å². The zero-order chi connectivity index (χ0) is 15.0. The van der Waals surface area contributed by atoms with Crippen LogP contribution in [0.1, 0.15) is 13.8 Å². The van der Waals surface area contributed by atoms with Gasteiger partial charge < -0.3 is 19.7 Å². The van der Waals surface area contributed by atoms with Gasteiger partial charge >= 0.3 is 0 Å². The second-order valence-corrected chi connectivity index (χ2v) is 5.99. The summed E-state index contributed by atoms with van der Waals surface area (Å²) in [6.45, 7) is 6.99. The SMILES string of the molecule is CC1(C)COc2cc(N3CCOCC3)c([N+](=O)[O-])cc2N1. The molecule has 1 saturated heterocycles. The molecule has 3 rings (SSSR count). The summed E-state index contributed by atoms with van der Waals surface area (Å²) in [5, 5.41) is 14.7. The molecule has 0 saturated carbocycles. The van der Waals surface area contributed by atoms with Crippen molar-refractivity contribution in [1.82, 2.24) is 0 Å². The van der Waals surface area contributed by atoms with Crippen molar-refractivity contribution in [2.45, 2.75) is 19.4 Å². The Kier molecular flexibility index (Phi) is 3.36. The lowest BCUT2D eigenvalue weighted by Crippen LogP contribution is -2.41. The van der Waals surface area contributed by atoms with Gasteiger partial charge in [0.15, 0.2) is 0 Å². The minimum atomic E-state index is -0.339. The van der Waals surface area contributed by atoms with E-state index in [4.69, 9.17) is 9.47 Å². The number of morpholine rings is 1. The van der Waals surface area contributed by atoms with E-state index in [1.54, 1.807) is 12.1 Å². The number of nitrogens with zero attached hydrogens (tertiary/aromatic N) is 2. The molecule has 1 aromatic rings. The minimum Gasteiger partial charge on any atom is -0.489 e. The summed E-state index contributed by atoms with van der Waals surface area (Å²) in [5.74, 6) is 0.668. The number of nitro groups is 1. The second-order valence-electron chi connectivity index (χ2n) is 5.99. The van der Waals surface area contributed by atoms with Gasteiger partial charge in [-0.15, -0.1) is 0 Å². The van der Waals surface area contributed by atoms with E-state index in [9.17, 15) is 10.1 Å². The highest BCUT2D eigenvalue weighted by molar-refractivity contribution is 5.76. The van der Waals surface area contributed by atoms with Gasteiger partial charge in [0.25, 0.3) is 5.69 Å². The van der Waals surface area contributed by atoms with E-state index >= 15 is 0 Å². The molecule has 0 aromatic heterocycles. The van der Waals surface area contributed by atoms with Crippen LogP contribution >= 0.6 is 0 Å². The van der Waals surface area contributed by atoms with Gasteiger partial charge in [0, 0.05) is 25.2 Å². The molecule has 2 aliphatic rings. The third-order valence-corrected chi connectivity index (χ3v) is 3.69. The quantitative estimate of drug-likeness (QED) is 0.664. The Balaban J connectivity index is 2.01. The molecule has 1 N–H and O–H groups in total. The molecule has 7 nitrogen and oxygen atoms in total. The van der Waals surface area contributed by atoms with Gasteiger partial charge in [0.2, 0.25) is 0 Å². The molecule has 21 heavy (non-hydrogen) atoms. The summed E-state index contributed by atoms with van der Waals surface area (Å²) in [4.78, 5) is 13.0. The van der Waals surface area contributed by atoms with Crippen LogP contribution in [0.4, 0.5) is 17.1 Å². The van der Waals surface area contributed by atoms with Crippen LogP contribution in [0.3, 0.4) is 0 Å². The lowest BCUT2D eigenvalue weighted by Gasteiger charge is -2.35. The maximum Gasteiger partial charge on any atom is 0.294 e. The smallest absolute Gasteiger partial charge is 0.294 e. The standard InChI is InChI=1S/C14H19N3O4/c1-14(2)9-21-13-8-11(16-3-5-20-6-4-16)12(17(18)19)7-10(13)15-14/h7-8,15H,3-6,9H2,1-2H3. The Hall–Kier alpha value is -2.02. The summed E-state index contributed by atoms with van der Waals surface area (Å²) >= 11 is 0. The Labute approximate surface area is 123 Å². The molecule has 2 heterocycles. The average Bonchev–Trinajstić information content (AvgIpc) is 2.46. The summed E-state index contributed by atoms with van der Waals surface area (Å²) < 4.78 is 11.1. The van der Waals surface area contributed by atoms with Crippen molar-refractivity contribution < 1.29 is 14.4 Å². The van der Waals surface area contributed by atoms with Gasteiger partial charge in [0.05, 0.1) is 29.4 Å². The molecule has 2 aliphatic heterocycles. The highest BCUT2D eigenvalue weighted by atomic mass is 16.6. The molecule has 7 heteroatoms. The Bertz CT molecular complexity index is 568. The molecule has 114 valence electrons. The van der Waals surface area contributed by atoms with Gasteiger partial charge in [-0.1, -0.05) is 0 Å². The van der Waals surface area contributed by atoms with Crippen molar-refractivity contribution >= 4 is 17.1 Å². The van der Waals surface area contributed by atoms with Crippen molar-refractivity contribution in [3.63, 3.8) is 0 Å². The van der Waals surface area contributed by atoms with Crippen LogP contribution in [0.25, 0.3) is 0 Å². The molecular weight excluding hydrogens is 274 g/mol. The van der Waals surface area contributed by atoms with Crippen molar-refractivity contribution in [2.75, 3.05) is 43.1 Å². The summed E-state index contributed by atoms with van der Waals surface area (Å²) in [6, 6.07) is 3.34. The number of hydrogen-bond acceptors (Lipinski definition) is 6. The van der Waals surface area contributed by atoms with Gasteiger partial charge in [-0.2, -0.15) is 0 Å². The summed E-state index contributed by atoms with van der Waals surface area (Å²) in [5.41, 5.74) is 1.14. The number of benzene rings is 1. The van der Waals surface area contributed by atoms with Gasteiger partial charge in [-0.3, -0.25) is 10.1 Å². The van der Waals surface area contributed by atoms with Crippen molar-refractivity contribution in [3.8, 4) is 5.75 Å². The van der Waals surface area contributed by atoms with Crippen LogP contribution in [0.5, 0.6) is 5.75 Å². The molecule has 1 aromatic carbocycles. The molecular formula is C14H19N3O4. The number of anilines is 2. The molecule has 0 aliphatic carbocycles. The number of nitro benzene ring substituents is 1. The van der Waals surface area contributed by atoms with Crippen molar-refractivity contribution in [2.24, 2.45) is 0 Å². The van der Waals surface area contributed by atoms with Gasteiger partial charge in [0.1, 0.15) is 18.0 Å².